The molecule has 2 fully saturated rings. The molecule has 2 heterocycles. The van der Waals surface area contributed by atoms with Crippen LogP contribution in [0.2, 0.25) is 0 Å². The van der Waals surface area contributed by atoms with Gasteiger partial charge in [0.25, 0.3) is 0 Å². The number of nitrogens with zero attached hydrogens (tertiary/aromatic N) is 2. The minimum Gasteiger partial charge on any atom is -0.370 e. The summed E-state index contributed by atoms with van der Waals surface area (Å²) in [7, 11) is 0. The van der Waals surface area contributed by atoms with Crippen molar-refractivity contribution in [1.82, 2.24) is 4.90 Å². The number of primary amides is 1. The number of rotatable bonds is 4. The van der Waals surface area contributed by atoms with Crippen LogP contribution < -0.4 is 16.0 Å². The van der Waals surface area contributed by atoms with E-state index >= 15 is 0 Å². The number of hydrogen-bond donors (Lipinski definition) is 2. The number of benzene rings is 1. The first-order valence-corrected chi connectivity index (χ1v) is 9.22. The summed E-state index contributed by atoms with van der Waals surface area (Å²) in [5.41, 5.74) is 7.75. The Balaban J connectivity index is 1.75. The first-order valence-electron chi connectivity index (χ1n) is 9.22. The van der Waals surface area contributed by atoms with Crippen LogP contribution in [0.3, 0.4) is 0 Å². The van der Waals surface area contributed by atoms with Gasteiger partial charge >= 0.3 is 6.03 Å². The van der Waals surface area contributed by atoms with Gasteiger partial charge in [-0.15, -0.1) is 0 Å². The number of amides is 4. The maximum absolute atomic E-state index is 12.8. The molecule has 2 aliphatic heterocycles. The molecule has 7 nitrogen and oxygen atoms in total. The van der Waals surface area contributed by atoms with Gasteiger partial charge < -0.3 is 20.9 Å². The van der Waals surface area contributed by atoms with Crippen LogP contribution >= 0.6 is 0 Å². The summed E-state index contributed by atoms with van der Waals surface area (Å²) in [6, 6.07) is 5.30. The number of nitrogens with one attached hydrogen (secondary N) is 1. The van der Waals surface area contributed by atoms with E-state index < -0.39 is 0 Å². The van der Waals surface area contributed by atoms with Crippen molar-refractivity contribution in [2.75, 3.05) is 23.3 Å². The Morgan fingerprint density at radius 1 is 1.23 bits per heavy atom. The number of likely N-dealkylation sites (tertiary alicyclic amines) is 1. The van der Waals surface area contributed by atoms with E-state index in [-0.39, 0.29) is 30.3 Å². The molecule has 140 valence electrons. The highest BCUT2D eigenvalue weighted by molar-refractivity contribution is 5.97. The van der Waals surface area contributed by atoms with Gasteiger partial charge in [-0.25, -0.2) is 4.79 Å². The van der Waals surface area contributed by atoms with Gasteiger partial charge in [-0.3, -0.25) is 9.59 Å². The lowest BCUT2D eigenvalue weighted by Gasteiger charge is -2.35. The Hall–Kier alpha value is -2.57. The fraction of sp³-hybridized carbons (Fsp3) is 0.526. The van der Waals surface area contributed by atoms with Crippen molar-refractivity contribution in [1.29, 1.82) is 0 Å². The summed E-state index contributed by atoms with van der Waals surface area (Å²) in [6.07, 6.45) is 4.32. The zero-order valence-electron chi connectivity index (χ0n) is 15.2. The van der Waals surface area contributed by atoms with E-state index in [1.807, 2.05) is 25.1 Å². The zero-order valence-corrected chi connectivity index (χ0v) is 15.2. The summed E-state index contributed by atoms with van der Waals surface area (Å²) in [5, 5.41) is 2.96. The molecule has 7 heteroatoms. The van der Waals surface area contributed by atoms with Gasteiger partial charge in [-0.2, -0.15) is 0 Å². The number of nitrogens with two attached hydrogens (primary N) is 1. The molecule has 3 N–H and O–H groups in total. The molecule has 26 heavy (non-hydrogen) atoms. The fourth-order valence-electron chi connectivity index (χ4n) is 3.73. The standard InChI is InChI=1S/C19H26N4O3/c1-13-7-8-15(22-10-4-6-18(22)25)11-16(13)21-19(26)23-9-3-2-5-14(23)12-17(20)24/h7-8,11,14H,2-6,9-10,12H2,1H3,(H2,20,24)(H,21,26)/t14-/m1/s1. The summed E-state index contributed by atoms with van der Waals surface area (Å²) in [4.78, 5) is 39.5. The number of anilines is 2. The number of hydrogen-bond acceptors (Lipinski definition) is 3. The first-order chi connectivity index (χ1) is 12.5. The number of aryl methyl sites for hydroxylation is 1. The lowest BCUT2D eigenvalue weighted by Crippen LogP contribution is -2.47. The Bertz CT molecular complexity index is 719. The average molecular weight is 358 g/mol. The van der Waals surface area contributed by atoms with Crippen molar-refractivity contribution in [2.45, 2.75) is 51.5 Å². The van der Waals surface area contributed by atoms with Crippen LogP contribution in [-0.2, 0) is 9.59 Å². The van der Waals surface area contributed by atoms with Crippen LogP contribution in [0, 0.1) is 6.92 Å². The molecule has 0 spiro atoms. The molecule has 3 rings (SSSR count). The lowest BCUT2D eigenvalue weighted by molar-refractivity contribution is -0.119. The third kappa shape index (κ3) is 3.98. The van der Waals surface area contributed by atoms with Gasteiger partial charge in [0.2, 0.25) is 11.8 Å². The van der Waals surface area contributed by atoms with Crippen LogP contribution in [0.5, 0.6) is 0 Å². The average Bonchev–Trinajstić information content (AvgIpc) is 3.03. The molecule has 1 atom stereocenters. The SMILES string of the molecule is Cc1ccc(N2CCCC2=O)cc1NC(=O)N1CCCC[C@@H]1CC(N)=O. The van der Waals surface area contributed by atoms with E-state index in [9.17, 15) is 14.4 Å². The van der Waals surface area contributed by atoms with E-state index in [2.05, 4.69) is 5.32 Å². The van der Waals surface area contributed by atoms with Crippen LogP contribution in [0.1, 0.15) is 44.1 Å². The topological polar surface area (TPSA) is 95.7 Å². The molecular formula is C19H26N4O3. The highest BCUT2D eigenvalue weighted by Gasteiger charge is 2.28. The van der Waals surface area contributed by atoms with Gasteiger partial charge in [0.15, 0.2) is 0 Å². The summed E-state index contributed by atoms with van der Waals surface area (Å²) < 4.78 is 0. The lowest BCUT2D eigenvalue weighted by atomic mass is 9.99. The number of carbonyl (C=O) groups is 3. The molecule has 2 saturated heterocycles. The van der Waals surface area contributed by atoms with Crippen LogP contribution in [0.4, 0.5) is 16.2 Å². The Kier molecular flexibility index (Phi) is 5.44. The van der Waals surface area contributed by atoms with Gasteiger partial charge in [0, 0.05) is 43.3 Å². The van der Waals surface area contributed by atoms with Crippen molar-refractivity contribution in [3.63, 3.8) is 0 Å². The molecule has 0 bridgehead atoms. The molecular weight excluding hydrogens is 332 g/mol. The van der Waals surface area contributed by atoms with Crippen molar-refractivity contribution >= 4 is 29.2 Å². The monoisotopic (exact) mass is 358 g/mol. The molecule has 2 aliphatic rings. The number of piperidine rings is 1. The predicted molar refractivity (Wildman–Crippen MR) is 99.9 cm³/mol. The molecule has 0 radical (unpaired) electrons. The van der Waals surface area contributed by atoms with Crippen LogP contribution in [-0.4, -0.2) is 41.9 Å². The second-order valence-electron chi connectivity index (χ2n) is 7.09. The summed E-state index contributed by atoms with van der Waals surface area (Å²) >= 11 is 0. The van der Waals surface area contributed by atoms with E-state index in [4.69, 9.17) is 5.73 Å². The van der Waals surface area contributed by atoms with Gasteiger partial charge in [0.05, 0.1) is 0 Å². The highest BCUT2D eigenvalue weighted by Crippen LogP contribution is 2.28. The van der Waals surface area contributed by atoms with Crippen molar-refractivity contribution < 1.29 is 14.4 Å². The third-order valence-electron chi connectivity index (χ3n) is 5.17. The molecule has 4 amide bonds. The number of carbonyl (C=O) groups excluding carboxylic acids is 3. The molecule has 0 aliphatic carbocycles. The Morgan fingerprint density at radius 3 is 2.73 bits per heavy atom. The van der Waals surface area contributed by atoms with Crippen molar-refractivity contribution in [2.24, 2.45) is 5.73 Å². The second kappa shape index (κ2) is 7.76. The first kappa shape index (κ1) is 18.2. The third-order valence-corrected chi connectivity index (χ3v) is 5.17. The highest BCUT2D eigenvalue weighted by atomic mass is 16.2. The van der Waals surface area contributed by atoms with E-state index in [1.165, 1.54) is 0 Å². The molecule has 0 unspecified atom stereocenters. The van der Waals surface area contributed by atoms with Crippen molar-refractivity contribution in [3.05, 3.63) is 23.8 Å². The Morgan fingerprint density at radius 2 is 2.04 bits per heavy atom. The van der Waals surface area contributed by atoms with Crippen LogP contribution in [0.15, 0.2) is 18.2 Å². The van der Waals surface area contributed by atoms with E-state index in [0.29, 0.717) is 25.2 Å². The summed E-state index contributed by atoms with van der Waals surface area (Å²) in [5.74, 6) is -0.274. The maximum Gasteiger partial charge on any atom is 0.322 e. The van der Waals surface area contributed by atoms with E-state index in [0.717, 1.165) is 36.9 Å². The van der Waals surface area contributed by atoms with Gasteiger partial charge in [0.1, 0.15) is 0 Å². The normalized spacial score (nSPS) is 20.3. The maximum atomic E-state index is 12.8. The fourth-order valence-corrected chi connectivity index (χ4v) is 3.73. The number of urea groups is 1. The zero-order chi connectivity index (χ0) is 18.7. The molecule has 0 aromatic heterocycles. The van der Waals surface area contributed by atoms with Gasteiger partial charge in [-0.1, -0.05) is 6.07 Å². The van der Waals surface area contributed by atoms with Crippen molar-refractivity contribution in [3.8, 4) is 0 Å². The van der Waals surface area contributed by atoms with Gasteiger partial charge in [-0.05, 0) is 50.3 Å². The van der Waals surface area contributed by atoms with Crippen LogP contribution in [0.25, 0.3) is 0 Å². The minimum atomic E-state index is -0.388. The quantitative estimate of drug-likeness (QED) is 0.865. The molecule has 1 aromatic rings. The van der Waals surface area contributed by atoms with E-state index in [1.54, 1.807) is 9.80 Å². The molecule has 0 saturated carbocycles. The Labute approximate surface area is 153 Å². The smallest absolute Gasteiger partial charge is 0.322 e. The minimum absolute atomic E-state index is 0.115. The largest absolute Gasteiger partial charge is 0.370 e. The molecule has 1 aromatic carbocycles. The predicted octanol–water partition coefficient (Wildman–Crippen LogP) is 2.38. The summed E-state index contributed by atoms with van der Waals surface area (Å²) in [6.45, 7) is 3.25. The second-order valence-corrected chi connectivity index (χ2v) is 7.09.